The van der Waals surface area contributed by atoms with Gasteiger partial charge in [0.15, 0.2) is 17.3 Å². The number of hydrogen-bond donors (Lipinski definition) is 4. The summed E-state index contributed by atoms with van der Waals surface area (Å²) in [5.41, 5.74) is 6.41. The number of aromatic nitrogens is 5. The molecule has 14 nitrogen and oxygen atoms in total. The predicted octanol–water partition coefficient (Wildman–Crippen LogP) is 1.50. The summed E-state index contributed by atoms with van der Waals surface area (Å²) in [6.07, 6.45) is 2.99. The molecule has 3 heterocycles. The highest BCUT2D eigenvalue weighted by atomic mass is 16.7. The summed E-state index contributed by atoms with van der Waals surface area (Å²) in [6, 6.07) is 9.01. The number of ether oxygens (including phenoxy) is 4. The average molecular weight is 518 g/mol. The van der Waals surface area contributed by atoms with Crippen LogP contribution in [0.5, 0.6) is 23.0 Å². The number of rotatable bonds is 8. The van der Waals surface area contributed by atoms with Gasteiger partial charge in [0.1, 0.15) is 17.6 Å². The number of nitrogen functional groups attached to an aromatic ring is 1. The van der Waals surface area contributed by atoms with Gasteiger partial charge in [-0.05, 0) is 35.9 Å². The monoisotopic (exact) mass is 518 g/mol. The number of nitrogens with one attached hydrogen (secondary N) is 3. The quantitative estimate of drug-likeness (QED) is 0.114. The van der Waals surface area contributed by atoms with Crippen molar-refractivity contribution in [2.45, 2.75) is 13.0 Å². The van der Waals surface area contributed by atoms with Crippen LogP contribution in [0.2, 0.25) is 0 Å². The van der Waals surface area contributed by atoms with Gasteiger partial charge in [0.25, 0.3) is 5.95 Å². The zero-order chi connectivity index (χ0) is 26.8. The molecule has 0 saturated carbocycles. The van der Waals surface area contributed by atoms with Crippen molar-refractivity contribution in [2.75, 3.05) is 19.2 Å². The number of hydrogen-bond acceptors (Lipinski definition) is 11. The highest BCUT2D eigenvalue weighted by Crippen LogP contribution is 2.44. The van der Waals surface area contributed by atoms with E-state index in [1.807, 2.05) is 0 Å². The maximum Gasteiger partial charge on any atom is 0.350 e. The molecule has 0 amide bonds. The van der Waals surface area contributed by atoms with E-state index in [4.69, 9.17) is 30.1 Å². The van der Waals surface area contributed by atoms with Crippen LogP contribution in [0, 0.1) is 5.41 Å². The third-order valence-corrected chi connectivity index (χ3v) is 5.50. The summed E-state index contributed by atoms with van der Waals surface area (Å²) in [5, 5.41) is 15.5. The number of benzene rings is 2. The van der Waals surface area contributed by atoms with Crippen LogP contribution in [-0.2, 0) is 4.79 Å². The lowest BCUT2D eigenvalue weighted by Crippen LogP contribution is -2.18. The molecule has 5 rings (SSSR count). The first-order chi connectivity index (χ1) is 18.3. The first kappa shape index (κ1) is 24.3. The Bertz CT molecular complexity index is 1580. The minimum atomic E-state index is -0.774. The molecule has 1 aliphatic heterocycles. The first-order valence-corrected chi connectivity index (χ1v) is 11.2. The Morgan fingerprint density at radius 1 is 1.21 bits per heavy atom. The predicted molar refractivity (Wildman–Crippen MR) is 133 cm³/mol. The molecule has 194 valence electrons. The van der Waals surface area contributed by atoms with E-state index in [2.05, 4.69) is 25.4 Å². The van der Waals surface area contributed by atoms with Gasteiger partial charge >= 0.3 is 11.7 Å². The molecule has 1 unspecified atom stereocenters. The molecule has 2 aromatic carbocycles. The summed E-state index contributed by atoms with van der Waals surface area (Å²) in [7, 11) is 1.50. The minimum absolute atomic E-state index is 0.0301. The minimum Gasteiger partial charge on any atom is -0.493 e. The number of H-pyrrole nitrogens is 1. The standard InChI is InChI=1S/C24H22N8O6/c1-12(33)38-16-10-14(4-5-15(16)21(25)26)29-19(13-8-17(35-2)20-18(9-13)36-11-37-20)22-30-24(34)32(31-22)23-27-6-3-7-28-23/h3-10,19,29H,11H2,1-2H3,(H3,25,26)(H,30,31,34). The summed E-state index contributed by atoms with van der Waals surface area (Å²) < 4.78 is 22.9. The first-order valence-electron chi connectivity index (χ1n) is 11.2. The Morgan fingerprint density at radius 3 is 2.71 bits per heavy atom. The molecule has 38 heavy (non-hydrogen) atoms. The number of amidine groups is 1. The maximum atomic E-state index is 12.8. The number of aromatic amines is 1. The molecule has 0 spiro atoms. The van der Waals surface area contributed by atoms with Gasteiger partial charge in [0.2, 0.25) is 12.5 Å². The van der Waals surface area contributed by atoms with Gasteiger partial charge in [-0.1, -0.05) is 0 Å². The van der Waals surface area contributed by atoms with Crippen LogP contribution in [0.15, 0.2) is 53.6 Å². The maximum absolute atomic E-state index is 12.8. The van der Waals surface area contributed by atoms with Gasteiger partial charge in [0.05, 0.1) is 12.7 Å². The molecule has 0 aliphatic carbocycles. The van der Waals surface area contributed by atoms with E-state index in [-0.39, 0.29) is 35.7 Å². The second kappa shape index (κ2) is 9.93. The zero-order valence-electron chi connectivity index (χ0n) is 20.2. The number of anilines is 1. The Balaban J connectivity index is 1.62. The molecule has 2 aromatic heterocycles. The van der Waals surface area contributed by atoms with E-state index < -0.39 is 17.7 Å². The van der Waals surface area contributed by atoms with Gasteiger partial charge in [-0.25, -0.2) is 14.8 Å². The topological polar surface area (TPSA) is 192 Å². The Kier molecular flexibility index (Phi) is 6.35. The van der Waals surface area contributed by atoms with E-state index in [9.17, 15) is 9.59 Å². The Hall–Kier alpha value is -5.40. The number of fused-ring (bicyclic) bond motifs is 1. The molecule has 0 saturated heterocycles. The fourth-order valence-corrected chi connectivity index (χ4v) is 3.87. The van der Waals surface area contributed by atoms with Crippen LogP contribution in [-0.4, -0.2) is 50.4 Å². The molecule has 0 radical (unpaired) electrons. The van der Waals surface area contributed by atoms with Crippen LogP contribution in [0.25, 0.3) is 5.95 Å². The van der Waals surface area contributed by atoms with Crippen molar-refractivity contribution in [2.24, 2.45) is 5.73 Å². The van der Waals surface area contributed by atoms with Crippen molar-refractivity contribution in [3.63, 3.8) is 0 Å². The number of carbonyl (C=O) groups excluding carboxylic acids is 1. The number of methoxy groups -OCH3 is 1. The molecule has 1 atom stereocenters. The van der Waals surface area contributed by atoms with E-state index in [0.717, 1.165) is 4.68 Å². The summed E-state index contributed by atoms with van der Waals surface area (Å²) in [6.45, 7) is 1.27. The molecule has 1 aliphatic rings. The molecule has 4 aromatic rings. The van der Waals surface area contributed by atoms with Gasteiger partial charge in [0, 0.05) is 31.1 Å². The second-order valence-corrected chi connectivity index (χ2v) is 8.03. The highest BCUT2D eigenvalue weighted by molar-refractivity contribution is 5.98. The lowest BCUT2D eigenvalue weighted by Gasteiger charge is -2.20. The third-order valence-electron chi connectivity index (χ3n) is 5.50. The van der Waals surface area contributed by atoms with Crippen LogP contribution in [0.1, 0.15) is 29.9 Å². The summed E-state index contributed by atoms with van der Waals surface area (Å²) in [4.78, 5) is 35.4. The normalized spacial score (nSPS) is 12.6. The SMILES string of the molecule is COc1cc(C(Nc2ccc(C(=N)N)c(OC(C)=O)c2)c2nn(-c3ncccn3)c(=O)[nH]2)cc2c1OCO2. The second-order valence-electron chi connectivity index (χ2n) is 8.03. The van der Waals surface area contributed by atoms with Crippen LogP contribution in [0.4, 0.5) is 5.69 Å². The fraction of sp³-hybridized carbons (Fsp3) is 0.167. The zero-order valence-corrected chi connectivity index (χ0v) is 20.2. The molecule has 14 heteroatoms. The summed E-state index contributed by atoms with van der Waals surface area (Å²) in [5.74, 6) is 0.874. The number of carbonyl (C=O) groups is 1. The van der Waals surface area contributed by atoms with Crippen molar-refractivity contribution < 1.29 is 23.7 Å². The van der Waals surface area contributed by atoms with E-state index >= 15 is 0 Å². The van der Waals surface area contributed by atoms with Crippen LogP contribution in [0.3, 0.4) is 0 Å². The average Bonchev–Trinajstić information content (AvgIpc) is 3.53. The smallest absolute Gasteiger partial charge is 0.350 e. The molecule has 0 bridgehead atoms. The van der Waals surface area contributed by atoms with E-state index in [0.29, 0.717) is 28.5 Å². The summed E-state index contributed by atoms with van der Waals surface area (Å²) >= 11 is 0. The van der Waals surface area contributed by atoms with Gasteiger partial charge < -0.3 is 30.0 Å². The van der Waals surface area contributed by atoms with Crippen LogP contribution < -0.4 is 35.7 Å². The van der Waals surface area contributed by atoms with Crippen molar-refractivity contribution in [1.29, 1.82) is 5.41 Å². The van der Waals surface area contributed by atoms with E-state index in [1.54, 1.807) is 30.3 Å². The van der Waals surface area contributed by atoms with E-state index in [1.165, 1.54) is 32.5 Å². The molecular formula is C24H22N8O6. The van der Waals surface area contributed by atoms with Crippen molar-refractivity contribution in [3.8, 4) is 28.9 Å². The lowest BCUT2D eigenvalue weighted by atomic mass is 10.0. The Labute approximate surface area is 214 Å². The molecular weight excluding hydrogens is 496 g/mol. The van der Waals surface area contributed by atoms with Crippen molar-refractivity contribution in [1.82, 2.24) is 24.7 Å². The number of nitrogens with zero attached hydrogens (tertiary/aromatic N) is 4. The Morgan fingerprint density at radius 2 is 2.00 bits per heavy atom. The van der Waals surface area contributed by atoms with Crippen LogP contribution >= 0.6 is 0 Å². The molecule has 0 fully saturated rings. The number of esters is 1. The van der Waals surface area contributed by atoms with Gasteiger partial charge in [-0.2, -0.15) is 0 Å². The van der Waals surface area contributed by atoms with Gasteiger partial charge in [-0.3, -0.25) is 15.2 Å². The third kappa shape index (κ3) is 4.69. The van der Waals surface area contributed by atoms with Crippen molar-refractivity contribution >= 4 is 17.5 Å². The van der Waals surface area contributed by atoms with Crippen molar-refractivity contribution in [3.05, 3.63) is 76.2 Å². The molecule has 5 N–H and O–H groups in total. The highest BCUT2D eigenvalue weighted by Gasteiger charge is 2.27. The fourth-order valence-electron chi connectivity index (χ4n) is 3.87. The number of nitrogens with two attached hydrogens (primary N) is 1. The van der Waals surface area contributed by atoms with Gasteiger partial charge in [-0.15, -0.1) is 9.78 Å². The lowest BCUT2D eigenvalue weighted by molar-refractivity contribution is -0.131. The largest absolute Gasteiger partial charge is 0.493 e.